The monoisotopic (exact) mass is 280 g/mol. The molecular formula is C13H20N4O3. The van der Waals surface area contributed by atoms with Crippen LogP contribution in [-0.4, -0.2) is 37.5 Å². The first-order valence-corrected chi connectivity index (χ1v) is 6.53. The lowest BCUT2D eigenvalue weighted by Gasteiger charge is -2.07. The normalized spacial score (nSPS) is 10.1. The predicted octanol–water partition coefficient (Wildman–Crippen LogP) is 1.12. The number of nitro benzene ring substituents is 1. The Kier molecular flexibility index (Phi) is 7.05. The zero-order valence-electron chi connectivity index (χ0n) is 11.5. The van der Waals surface area contributed by atoms with Crippen LogP contribution in [0.4, 0.5) is 11.4 Å². The van der Waals surface area contributed by atoms with Crippen LogP contribution in [0.1, 0.15) is 12.8 Å². The molecule has 0 aromatic heterocycles. The minimum atomic E-state index is -0.431. The number of amides is 1. The molecule has 1 rings (SSSR count). The van der Waals surface area contributed by atoms with Gasteiger partial charge in [-0.3, -0.25) is 14.9 Å². The van der Waals surface area contributed by atoms with Crippen molar-refractivity contribution in [2.24, 2.45) is 0 Å². The van der Waals surface area contributed by atoms with E-state index in [9.17, 15) is 14.9 Å². The maximum Gasteiger partial charge on any atom is 0.269 e. The Morgan fingerprint density at radius 2 is 1.90 bits per heavy atom. The fourth-order valence-corrected chi connectivity index (χ4v) is 1.60. The highest BCUT2D eigenvalue weighted by Crippen LogP contribution is 2.15. The van der Waals surface area contributed by atoms with Crippen molar-refractivity contribution in [1.29, 1.82) is 0 Å². The highest BCUT2D eigenvalue weighted by molar-refractivity contribution is 5.75. The van der Waals surface area contributed by atoms with Crippen molar-refractivity contribution in [2.45, 2.75) is 12.8 Å². The largest absolute Gasteiger partial charge is 0.385 e. The van der Waals surface area contributed by atoms with E-state index in [1.165, 1.54) is 12.1 Å². The van der Waals surface area contributed by atoms with Crippen LogP contribution in [0, 0.1) is 10.1 Å². The first kappa shape index (κ1) is 15.9. The molecule has 7 nitrogen and oxygen atoms in total. The van der Waals surface area contributed by atoms with E-state index in [0.29, 0.717) is 25.9 Å². The number of benzene rings is 1. The molecule has 0 aliphatic carbocycles. The third-order valence-electron chi connectivity index (χ3n) is 2.69. The quantitative estimate of drug-likeness (QED) is 0.358. The summed E-state index contributed by atoms with van der Waals surface area (Å²) < 4.78 is 0. The van der Waals surface area contributed by atoms with Crippen molar-refractivity contribution in [2.75, 3.05) is 32.0 Å². The number of carbonyl (C=O) groups excluding carboxylic acids is 1. The summed E-state index contributed by atoms with van der Waals surface area (Å²) in [6, 6.07) is 6.22. The number of non-ortho nitro benzene ring substituents is 1. The summed E-state index contributed by atoms with van der Waals surface area (Å²) in [6.07, 6.45) is 1.17. The summed E-state index contributed by atoms with van der Waals surface area (Å²) in [5.74, 6) is 0.0331. The molecule has 0 bridgehead atoms. The molecule has 0 atom stereocenters. The molecule has 0 radical (unpaired) electrons. The Hall–Kier alpha value is -2.15. The van der Waals surface area contributed by atoms with E-state index in [-0.39, 0.29) is 11.6 Å². The van der Waals surface area contributed by atoms with E-state index >= 15 is 0 Å². The molecule has 0 fully saturated rings. The van der Waals surface area contributed by atoms with Gasteiger partial charge in [0.2, 0.25) is 5.91 Å². The molecule has 0 unspecified atom stereocenters. The van der Waals surface area contributed by atoms with Crippen LogP contribution < -0.4 is 16.0 Å². The number of hydrogen-bond acceptors (Lipinski definition) is 5. The molecule has 0 spiro atoms. The van der Waals surface area contributed by atoms with E-state index in [4.69, 9.17) is 0 Å². The zero-order valence-corrected chi connectivity index (χ0v) is 11.5. The van der Waals surface area contributed by atoms with Crippen LogP contribution in [-0.2, 0) is 4.79 Å². The SMILES string of the molecule is CNCCNC(=O)CCCNc1ccc([N+](=O)[O-])cc1. The molecule has 0 saturated carbocycles. The van der Waals surface area contributed by atoms with Crippen LogP contribution in [0.15, 0.2) is 24.3 Å². The lowest BCUT2D eigenvalue weighted by molar-refractivity contribution is -0.384. The van der Waals surface area contributed by atoms with Crippen LogP contribution >= 0.6 is 0 Å². The second-order valence-corrected chi connectivity index (χ2v) is 4.29. The number of carbonyl (C=O) groups is 1. The molecule has 1 aromatic carbocycles. The fraction of sp³-hybridized carbons (Fsp3) is 0.462. The molecule has 0 aliphatic rings. The summed E-state index contributed by atoms with van der Waals surface area (Å²) in [5.41, 5.74) is 0.880. The molecule has 110 valence electrons. The molecule has 3 N–H and O–H groups in total. The lowest BCUT2D eigenvalue weighted by atomic mass is 10.2. The topological polar surface area (TPSA) is 96.3 Å². The van der Waals surface area contributed by atoms with Gasteiger partial charge in [-0.25, -0.2) is 0 Å². The average molecular weight is 280 g/mol. The van der Waals surface area contributed by atoms with Gasteiger partial charge in [0.1, 0.15) is 0 Å². The summed E-state index contributed by atoms with van der Waals surface area (Å²) in [4.78, 5) is 21.5. The van der Waals surface area contributed by atoms with E-state index in [1.807, 2.05) is 7.05 Å². The van der Waals surface area contributed by atoms with Crippen molar-refractivity contribution in [3.8, 4) is 0 Å². The third-order valence-corrected chi connectivity index (χ3v) is 2.69. The van der Waals surface area contributed by atoms with Gasteiger partial charge in [0.15, 0.2) is 0 Å². The van der Waals surface area contributed by atoms with Crippen molar-refractivity contribution < 1.29 is 9.72 Å². The van der Waals surface area contributed by atoms with Crippen molar-refractivity contribution in [1.82, 2.24) is 10.6 Å². The van der Waals surface area contributed by atoms with E-state index in [0.717, 1.165) is 12.2 Å². The number of hydrogen-bond donors (Lipinski definition) is 3. The van der Waals surface area contributed by atoms with E-state index in [1.54, 1.807) is 12.1 Å². The molecule has 7 heteroatoms. The summed E-state index contributed by atoms with van der Waals surface area (Å²) in [6.45, 7) is 2.04. The maximum atomic E-state index is 11.4. The standard InChI is InChI=1S/C13H20N4O3/c1-14-9-10-16-13(18)3-2-8-15-11-4-6-12(7-5-11)17(19)20/h4-7,14-15H,2-3,8-10H2,1H3,(H,16,18). The van der Waals surface area contributed by atoms with E-state index in [2.05, 4.69) is 16.0 Å². The second kappa shape index (κ2) is 8.87. The van der Waals surface area contributed by atoms with Gasteiger partial charge >= 0.3 is 0 Å². The van der Waals surface area contributed by atoms with Gasteiger partial charge in [-0.15, -0.1) is 0 Å². The highest BCUT2D eigenvalue weighted by Gasteiger charge is 2.04. The van der Waals surface area contributed by atoms with Crippen LogP contribution in [0.2, 0.25) is 0 Å². The number of nitro groups is 1. The first-order valence-electron chi connectivity index (χ1n) is 6.53. The summed E-state index contributed by atoms with van der Waals surface area (Å²) in [7, 11) is 1.83. The summed E-state index contributed by atoms with van der Waals surface area (Å²) in [5, 5.41) is 19.4. The van der Waals surface area contributed by atoms with Gasteiger partial charge in [-0.2, -0.15) is 0 Å². The lowest BCUT2D eigenvalue weighted by Crippen LogP contribution is -2.30. The van der Waals surface area contributed by atoms with Gasteiger partial charge in [-0.1, -0.05) is 0 Å². The van der Waals surface area contributed by atoms with Gasteiger partial charge in [0.25, 0.3) is 5.69 Å². The Bertz CT molecular complexity index is 434. The third kappa shape index (κ3) is 6.14. The number of nitrogens with one attached hydrogen (secondary N) is 3. The van der Waals surface area contributed by atoms with Crippen LogP contribution in [0.3, 0.4) is 0 Å². The van der Waals surface area contributed by atoms with Crippen molar-refractivity contribution in [3.05, 3.63) is 34.4 Å². The number of anilines is 1. The first-order chi connectivity index (χ1) is 9.63. The fourth-order valence-electron chi connectivity index (χ4n) is 1.60. The molecule has 0 aliphatic heterocycles. The van der Waals surface area contributed by atoms with Gasteiger partial charge in [0, 0.05) is 43.9 Å². The van der Waals surface area contributed by atoms with Gasteiger partial charge in [-0.05, 0) is 25.6 Å². The van der Waals surface area contributed by atoms with Crippen LogP contribution in [0.25, 0.3) is 0 Å². The average Bonchev–Trinajstić information content (AvgIpc) is 2.44. The minimum absolute atomic E-state index is 0.0331. The smallest absolute Gasteiger partial charge is 0.269 e. The molecule has 0 saturated heterocycles. The summed E-state index contributed by atoms with van der Waals surface area (Å²) >= 11 is 0. The Morgan fingerprint density at radius 1 is 1.20 bits per heavy atom. The Balaban J connectivity index is 2.17. The predicted molar refractivity (Wildman–Crippen MR) is 77.8 cm³/mol. The molecule has 20 heavy (non-hydrogen) atoms. The zero-order chi connectivity index (χ0) is 14.8. The Labute approximate surface area is 117 Å². The molecule has 1 amide bonds. The molecule has 0 heterocycles. The number of likely N-dealkylation sites (N-methyl/N-ethyl adjacent to an activating group) is 1. The van der Waals surface area contributed by atoms with Crippen LogP contribution in [0.5, 0.6) is 0 Å². The van der Waals surface area contributed by atoms with Crippen molar-refractivity contribution >= 4 is 17.3 Å². The van der Waals surface area contributed by atoms with Gasteiger partial charge < -0.3 is 16.0 Å². The van der Waals surface area contributed by atoms with Crippen molar-refractivity contribution in [3.63, 3.8) is 0 Å². The second-order valence-electron chi connectivity index (χ2n) is 4.29. The number of nitrogens with zero attached hydrogens (tertiary/aromatic N) is 1. The Morgan fingerprint density at radius 3 is 2.50 bits per heavy atom. The number of rotatable bonds is 9. The maximum absolute atomic E-state index is 11.4. The van der Waals surface area contributed by atoms with Gasteiger partial charge in [0.05, 0.1) is 4.92 Å². The van der Waals surface area contributed by atoms with E-state index < -0.39 is 4.92 Å². The molecule has 1 aromatic rings. The minimum Gasteiger partial charge on any atom is -0.385 e. The molecular weight excluding hydrogens is 260 g/mol. The highest BCUT2D eigenvalue weighted by atomic mass is 16.6.